The zero-order chi connectivity index (χ0) is 16.1. The molecule has 1 amide bonds. The van der Waals surface area contributed by atoms with Crippen molar-refractivity contribution < 1.29 is 9.18 Å². The molecule has 3 nitrogen and oxygen atoms in total. The summed E-state index contributed by atoms with van der Waals surface area (Å²) < 4.78 is 13.6. The average Bonchev–Trinajstić information content (AvgIpc) is 2.86. The van der Waals surface area contributed by atoms with E-state index in [9.17, 15) is 9.18 Å². The average molecular weight is 320 g/mol. The zero-order valence-corrected chi connectivity index (χ0v) is 14.0. The van der Waals surface area contributed by atoms with Crippen LogP contribution in [0, 0.1) is 12.7 Å². The lowest BCUT2D eigenvalue weighted by Crippen LogP contribution is -2.36. The van der Waals surface area contributed by atoms with Gasteiger partial charge in [-0.05, 0) is 37.0 Å². The summed E-state index contributed by atoms with van der Waals surface area (Å²) in [5.41, 5.74) is 1.79. The number of thiophene rings is 1. The lowest BCUT2D eigenvalue weighted by Gasteiger charge is -2.22. The summed E-state index contributed by atoms with van der Waals surface area (Å²) in [6, 6.07) is 8.64. The maximum absolute atomic E-state index is 13.6. The first kappa shape index (κ1) is 16.6. The van der Waals surface area contributed by atoms with E-state index in [1.807, 2.05) is 11.9 Å². The molecule has 118 valence electrons. The van der Waals surface area contributed by atoms with E-state index in [0.717, 1.165) is 6.54 Å². The molecule has 22 heavy (non-hydrogen) atoms. The fourth-order valence-electron chi connectivity index (χ4n) is 2.19. The van der Waals surface area contributed by atoms with Gasteiger partial charge in [-0.25, -0.2) is 4.39 Å². The van der Waals surface area contributed by atoms with Crippen LogP contribution < -0.4 is 0 Å². The van der Waals surface area contributed by atoms with E-state index in [1.165, 1.54) is 16.5 Å². The number of aryl methyl sites for hydroxylation is 1. The van der Waals surface area contributed by atoms with E-state index in [0.29, 0.717) is 12.1 Å². The van der Waals surface area contributed by atoms with Crippen molar-refractivity contribution >= 4 is 17.2 Å². The van der Waals surface area contributed by atoms with Gasteiger partial charge in [0, 0.05) is 30.6 Å². The predicted octanol–water partition coefficient (Wildman–Crippen LogP) is 3.29. The third kappa shape index (κ3) is 4.39. The first-order chi connectivity index (χ1) is 10.5. The number of halogens is 1. The van der Waals surface area contributed by atoms with Crippen LogP contribution in [0.2, 0.25) is 0 Å². The van der Waals surface area contributed by atoms with Gasteiger partial charge in [-0.15, -0.1) is 11.3 Å². The van der Waals surface area contributed by atoms with E-state index in [4.69, 9.17) is 0 Å². The lowest BCUT2D eigenvalue weighted by atomic mass is 10.2. The van der Waals surface area contributed by atoms with E-state index in [-0.39, 0.29) is 18.3 Å². The molecule has 0 saturated heterocycles. The quantitative estimate of drug-likeness (QED) is 0.815. The van der Waals surface area contributed by atoms with Gasteiger partial charge in [0.1, 0.15) is 5.82 Å². The van der Waals surface area contributed by atoms with Crippen molar-refractivity contribution in [3.8, 4) is 0 Å². The van der Waals surface area contributed by atoms with Crippen LogP contribution in [0.25, 0.3) is 0 Å². The fraction of sp³-hybridized carbons (Fsp3) is 0.353. The Hall–Kier alpha value is -1.72. The first-order valence-corrected chi connectivity index (χ1v) is 8.04. The van der Waals surface area contributed by atoms with Crippen molar-refractivity contribution in [2.24, 2.45) is 0 Å². The number of carbonyl (C=O) groups excluding carboxylic acids is 1. The van der Waals surface area contributed by atoms with E-state index >= 15 is 0 Å². The smallest absolute Gasteiger partial charge is 0.236 e. The normalized spacial score (nSPS) is 11.0. The molecule has 0 aliphatic carbocycles. The summed E-state index contributed by atoms with van der Waals surface area (Å²) in [7, 11) is 3.63. The highest BCUT2D eigenvalue weighted by Crippen LogP contribution is 2.17. The number of hydrogen-bond acceptors (Lipinski definition) is 3. The predicted molar refractivity (Wildman–Crippen MR) is 88.3 cm³/mol. The van der Waals surface area contributed by atoms with Crippen LogP contribution in [0.5, 0.6) is 0 Å². The maximum Gasteiger partial charge on any atom is 0.236 e. The van der Waals surface area contributed by atoms with Gasteiger partial charge in [0.05, 0.1) is 6.54 Å². The first-order valence-electron chi connectivity index (χ1n) is 7.16. The van der Waals surface area contributed by atoms with Gasteiger partial charge in [-0.2, -0.15) is 0 Å². The van der Waals surface area contributed by atoms with Crippen LogP contribution in [-0.2, 0) is 17.9 Å². The monoisotopic (exact) mass is 320 g/mol. The molecule has 0 radical (unpaired) electrons. The highest BCUT2D eigenvalue weighted by atomic mass is 32.1. The lowest BCUT2D eigenvalue weighted by molar-refractivity contribution is -0.131. The summed E-state index contributed by atoms with van der Waals surface area (Å²) in [6.07, 6.45) is 0. The molecular formula is C17H21FN2OS. The molecule has 2 rings (SSSR count). The third-order valence-corrected chi connectivity index (χ3v) is 4.59. The van der Waals surface area contributed by atoms with Gasteiger partial charge in [0.15, 0.2) is 0 Å². The minimum atomic E-state index is -0.273. The highest BCUT2D eigenvalue weighted by Gasteiger charge is 2.14. The Balaban J connectivity index is 1.88. The second-order valence-electron chi connectivity index (χ2n) is 5.54. The second-order valence-corrected chi connectivity index (χ2v) is 6.54. The van der Waals surface area contributed by atoms with Gasteiger partial charge in [0.2, 0.25) is 5.91 Å². The molecular weight excluding hydrogens is 299 g/mol. The second kappa shape index (κ2) is 7.51. The van der Waals surface area contributed by atoms with Crippen LogP contribution in [0.4, 0.5) is 4.39 Å². The van der Waals surface area contributed by atoms with Gasteiger partial charge in [0.25, 0.3) is 0 Å². The summed E-state index contributed by atoms with van der Waals surface area (Å²) in [6.45, 7) is 3.44. The summed E-state index contributed by atoms with van der Waals surface area (Å²) in [5, 5.41) is 2.06. The van der Waals surface area contributed by atoms with Crippen molar-refractivity contribution in [3.63, 3.8) is 0 Å². The van der Waals surface area contributed by atoms with Crippen LogP contribution in [0.15, 0.2) is 35.7 Å². The van der Waals surface area contributed by atoms with Gasteiger partial charge < -0.3 is 4.90 Å². The molecule has 0 N–H and O–H groups in total. The number of hydrogen-bond donors (Lipinski definition) is 0. The topological polar surface area (TPSA) is 23.6 Å². The molecule has 5 heteroatoms. The van der Waals surface area contributed by atoms with Crippen LogP contribution >= 0.6 is 11.3 Å². The number of benzene rings is 1. The Labute approximate surface area is 135 Å². The molecule has 0 fully saturated rings. The zero-order valence-electron chi connectivity index (χ0n) is 13.2. The molecule has 1 heterocycles. The Morgan fingerprint density at radius 3 is 2.55 bits per heavy atom. The van der Waals surface area contributed by atoms with E-state index in [1.54, 1.807) is 41.5 Å². The van der Waals surface area contributed by atoms with Crippen molar-refractivity contribution in [3.05, 3.63) is 57.5 Å². The Bertz CT molecular complexity index is 641. The van der Waals surface area contributed by atoms with Crippen LogP contribution in [-0.4, -0.2) is 36.3 Å². The summed E-state index contributed by atoms with van der Waals surface area (Å²) >= 11 is 1.70. The standard InChI is InChI=1S/C17H21FN2OS/c1-13-8-9-22-16(13)11-19(2)12-17(21)20(3)10-14-6-4-5-7-15(14)18/h4-9H,10-12H2,1-3H3. The van der Waals surface area contributed by atoms with Crippen LogP contribution in [0.1, 0.15) is 16.0 Å². The largest absolute Gasteiger partial charge is 0.340 e. The third-order valence-electron chi connectivity index (χ3n) is 3.58. The molecule has 0 saturated carbocycles. The Kier molecular flexibility index (Phi) is 5.69. The highest BCUT2D eigenvalue weighted by molar-refractivity contribution is 7.10. The number of nitrogens with zero attached hydrogens (tertiary/aromatic N) is 2. The molecule has 0 bridgehead atoms. The number of rotatable bonds is 6. The van der Waals surface area contributed by atoms with Gasteiger partial charge in [-0.3, -0.25) is 9.69 Å². The summed E-state index contributed by atoms with van der Waals surface area (Å²) in [4.78, 5) is 17.1. The molecule has 0 spiro atoms. The molecule has 0 unspecified atom stereocenters. The Morgan fingerprint density at radius 1 is 1.18 bits per heavy atom. The SMILES string of the molecule is Cc1ccsc1CN(C)CC(=O)N(C)Cc1ccccc1F. The molecule has 0 atom stereocenters. The van der Waals surface area contributed by atoms with Crippen molar-refractivity contribution in [2.75, 3.05) is 20.6 Å². The molecule has 1 aromatic heterocycles. The van der Waals surface area contributed by atoms with E-state index in [2.05, 4.69) is 18.4 Å². The van der Waals surface area contributed by atoms with Crippen molar-refractivity contribution in [1.29, 1.82) is 0 Å². The van der Waals surface area contributed by atoms with Crippen LogP contribution in [0.3, 0.4) is 0 Å². The van der Waals surface area contributed by atoms with Gasteiger partial charge in [-0.1, -0.05) is 18.2 Å². The molecule has 1 aromatic carbocycles. The molecule has 0 aliphatic rings. The van der Waals surface area contributed by atoms with Crippen molar-refractivity contribution in [1.82, 2.24) is 9.80 Å². The van der Waals surface area contributed by atoms with Crippen molar-refractivity contribution in [2.45, 2.75) is 20.0 Å². The molecule has 2 aromatic rings. The molecule has 0 aliphatic heterocycles. The number of amides is 1. The van der Waals surface area contributed by atoms with Gasteiger partial charge >= 0.3 is 0 Å². The van der Waals surface area contributed by atoms with E-state index < -0.39 is 0 Å². The minimum Gasteiger partial charge on any atom is -0.340 e. The fourth-order valence-corrected chi connectivity index (χ4v) is 3.17. The number of likely N-dealkylation sites (N-methyl/N-ethyl adjacent to an activating group) is 2. The summed E-state index contributed by atoms with van der Waals surface area (Å²) in [5.74, 6) is -0.287. The maximum atomic E-state index is 13.6. The minimum absolute atomic E-state index is 0.0139. The Morgan fingerprint density at radius 2 is 1.91 bits per heavy atom. The number of carbonyl (C=O) groups is 1.